The average Bonchev–Trinajstić information content (AvgIpc) is 3.20. The van der Waals surface area contributed by atoms with Crippen molar-refractivity contribution in [3.05, 3.63) is 11.6 Å². The lowest BCUT2D eigenvalue weighted by atomic mass is 9.46. The molecule has 3 saturated carbocycles. The van der Waals surface area contributed by atoms with Gasteiger partial charge < -0.3 is 19.7 Å². The highest BCUT2D eigenvalue weighted by molar-refractivity contribution is 5.26. The van der Waals surface area contributed by atoms with Gasteiger partial charge in [-0.3, -0.25) is 0 Å². The van der Waals surface area contributed by atoms with E-state index in [0.717, 1.165) is 63.4 Å². The second-order valence-corrected chi connectivity index (χ2v) is 14.4. The predicted molar refractivity (Wildman–Crippen MR) is 144 cm³/mol. The molecule has 4 fully saturated rings. The molecule has 0 bridgehead atoms. The summed E-state index contributed by atoms with van der Waals surface area (Å²) in [4.78, 5) is 0. The Morgan fingerprint density at radius 1 is 1.00 bits per heavy atom. The fourth-order valence-electron chi connectivity index (χ4n) is 9.71. The number of aliphatic hydroxyl groups is 2. The van der Waals surface area contributed by atoms with Crippen LogP contribution in [0.2, 0.25) is 0 Å². The van der Waals surface area contributed by atoms with E-state index in [1.54, 1.807) is 0 Å². The van der Waals surface area contributed by atoms with Crippen LogP contribution >= 0.6 is 0 Å². The molecule has 5 aliphatic rings. The Morgan fingerprint density at radius 2 is 1.81 bits per heavy atom. The van der Waals surface area contributed by atoms with Crippen molar-refractivity contribution in [2.45, 2.75) is 136 Å². The summed E-state index contributed by atoms with van der Waals surface area (Å²) in [5.74, 6) is 2.86. The molecule has 4 nitrogen and oxygen atoms in total. The third-order valence-corrected chi connectivity index (χ3v) is 12.0. The minimum Gasteiger partial charge on any atom is -0.393 e. The molecule has 36 heavy (non-hydrogen) atoms. The summed E-state index contributed by atoms with van der Waals surface area (Å²) >= 11 is 0. The Labute approximate surface area is 220 Å². The summed E-state index contributed by atoms with van der Waals surface area (Å²) in [7, 11) is 0. The van der Waals surface area contributed by atoms with Crippen LogP contribution in [0.3, 0.4) is 0 Å². The minimum absolute atomic E-state index is 0.162. The van der Waals surface area contributed by atoms with Crippen molar-refractivity contribution < 1.29 is 19.7 Å². The summed E-state index contributed by atoms with van der Waals surface area (Å²) < 4.78 is 12.0. The van der Waals surface area contributed by atoms with E-state index in [0.29, 0.717) is 41.9 Å². The molecule has 0 spiro atoms. The zero-order chi connectivity index (χ0) is 25.7. The minimum atomic E-state index is -1.07. The second-order valence-electron chi connectivity index (χ2n) is 14.4. The first-order valence-electron chi connectivity index (χ1n) is 15.4. The van der Waals surface area contributed by atoms with Crippen molar-refractivity contribution in [2.24, 2.45) is 46.3 Å². The third kappa shape index (κ3) is 4.87. The molecular formula is C32H54O4. The molecule has 1 aliphatic heterocycles. The summed E-state index contributed by atoms with van der Waals surface area (Å²) in [6.45, 7) is 12.7. The van der Waals surface area contributed by atoms with Gasteiger partial charge in [0.05, 0.1) is 6.10 Å². The van der Waals surface area contributed by atoms with E-state index >= 15 is 0 Å². The number of allylic oxidation sites excluding steroid dienone is 1. The van der Waals surface area contributed by atoms with Gasteiger partial charge in [-0.1, -0.05) is 46.3 Å². The first-order valence-corrected chi connectivity index (χ1v) is 15.4. The predicted octanol–water partition coefficient (Wildman–Crippen LogP) is 7.23. The quantitative estimate of drug-likeness (QED) is 0.285. The molecule has 0 aromatic carbocycles. The van der Waals surface area contributed by atoms with E-state index in [2.05, 4.69) is 40.7 Å². The van der Waals surface area contributed by atoms with Crippen molar-refractivity contribution in [1.29, 1.82) is 0 Å². The molecule has 5 rings (SSSR count). The molecule has 4 aliphatic carbocycles. The lowest BCUT2D eigenvalue weighted by Crippen LogP contribution is -2.53. The molecule has 0 amide bonds. The lowest BCUT2D eigenvalue weighted by Gasteiger charge is -2.59. The average molecular weight is 503 g/mol. The van der Waals surface area contributed by atoms with Crippen LogP contribution in [-0.2, 0) is 9.47 Å². The van der Waals surface area contributed by atoms with Crippen molar-refractivity contribution in [1.82, 2.24) is 0 Å². The highest BCUT2D eigenvalue weighted by atomic mass is 16.7. The van der Waals surface area contributed by atoms with E-state index < -0.39 is 5.79 Å². The van der Waals surface area contributed by atoms with Gasteiger partial charge in [-0.15, -0.1) is 0 Å². The molecule has 1 unspecified atom stereocenters. The smallest absolute Gasteiger partial charge is 0.172 e. The van der Waals surface area contributed by atoms with E-state index in [4.69, 9.17) is 9.47 Å². The van der Waals surface area contributed by atoms with Crippen LogP contribution in [0.1, 0.15) is 118 Å². The van der Waals surface area contributed by atoms with E-state index in [9.17, 15) is 10.2 Å². The van der Waals surface area contributed by atoms with Gasteiger partial charge in [0, 0.05) is 19.4 Å². The van der Waals surface area contributed by atoms with E-state index in [-0.39, 0.29) is 17.8 Å². The summed E-state index contributed by atoms with van der Waals surface area (Å²) in [5.41, 5.74) is 2.00. The highest BCUT2D eigenvalue weighted by Crippen LogP contribution is 2.67. The maximum Gasteiger partial charge on any atom is 0.172 e. The molecule has 1 saturated heterocycles. The number of hydrogen-bond donors (Lipinski definition) is 2. The molecular weight excluding hydrogens is 448 g/mol. The fourth-order valence-corrected chi connectivity index (χ4v) is 9.71. The van der Waals surface area contributed by atoms with E-state index in [1.165, 1.54) is 31.3 Å². The number of aliphatic hydroxyl groups excluding tert-OH is 1. The first-order chi connectivity index (χ1) is 17.1. The Morgan fingerprint density at radius 3 is 2.53 bits per heavy atom. The van der Waals surface area contributed by atoms with Crippen molar-refractivity contribution in [3.8, 4) is 0 Å². The van der Waals surface area contributed by atoms with Crippen molar-refractivity contribution in [2.75, 3.05) is 6.61 Å². The lowest BCUT2D eigenvalue weighted by molar-refractivity contribution is -0.309. The van der Waals surface area contributed by atoms with Gasteiger partial charge in [-0.2, -0.15) is 0 Å². The zero-order valence-corrected chi connectivity index (χ0v) is 23.8. The first kappa shape index (κ1) is 27.2. The van der Waals surface area contributed by atoms with Crippen LogP contribution < -0.4 is 0 Å². The molecule has 0 aromatic rings. The van der Waals surface area contributed by atoms with Crippen molar-refractivity contribution in [3.63, 3.8) is 0 Å². The largest absolute Gasteiger partial charge is 0.393 e. The maximum absolute atomic E-state index is 11.4. The van der Waals surface area contributed by atoms with Gasteiger partial charge in [0.1, 0.15) is 0 Å². The van der Waals surface area contributed by atoms with E-state index in [1.807, 2.05) is 0 Å². The molecule has 2 N–H and O–H groups in total. The van der Waals surface area contributed by atoms with Gasteiger partial charge in [0.25, 0.3) is 0 Å². The Bertz CT molecular complexity index is 802. The standard InChI is InChI=1S/C32H54O4/c1-21(2)9-14-28(33)22(3)25-12-13-26-24-11-10-23-20-32(34,36-29-8-6-7-19-35-29)18-17-30(23,4)27(24)15-16-31(25,26)5/h10,21-22,24-29,33-34H,6-9,11-20H2,1-5H3/t22-,24-,25+,26-,27-,28-,29?,30-,31+,32+/m0/s1. The van der Waals surface area contributed by atoms with Gasteiger partial charge in [-0.25, -0.2) is 0 Å². The van der Waals surface area contributed by atoms with Crippen molar-refractivity contribution >= 4 is 0 Å². The number of hydrogen-bond acceptors (Lipinski definition) is 4. The Balaban J connectivity index is 1.28. The van der Waals surface area contributed by atoms with Gasteiger partial charge >= 0.3 is 0 Å². The van der Waals surface area contributed by atoms with Gasteiger partial charge in [-0.05, 0) is 117 Å². The van der Waals surface area contributed by atoms with Gasteiger partial charge in [0.15, 0.2) is 12.1 Å². The molecule has 10 atom stereocenters. The topological polar surface area (TPSA) is 58.9 Å². The summed E-state index contributed by atoms with van der Waals surface area (Å²) in [6, 6.07) is 0. The van der Waals surface area contributed by atoms with Crippen LogP contribution in [0.15, 0.2) is 11.6 Å². The second kappa shape index (κ2) is 10.3. The van der Waals surface area contributed by atoms with Gasteiger partial charge in [0.2, 0.25) is 0 Å². The Hall–Kier alpha value is -0.420. The Kier molecular flexibility index (Phi) is 7.76. The van der Waals surface area contributed by atoms with Crippen LogP contribution in [0, 0.1) is 46.3 Å². The van der Waals surface area contributed by atoms with Crippen LogP contribution in [0.5, 0.6) is 0 Å². The van der Waals surface area contributed by atoms with Crippen LogP contribution in [-0.4, -0.2) is 35.0 Å². The summed E-state index contributed by atoms with van der Waals surface area (Å²) in [5, 5.41) is 22.5. The van der Waals surface area contributed by atoms with Crippen LogP contribution in [0.4, 0.5) is 0 Å². The molecule has 0 aromatic heterocycles. The fraction of sp³-hybridized carbons (Fsp3) is 0.938. The monoisotopic (exact) mass is 502 g/mol. The zero-order valence-electron chi connectivity index (χ0n) is 23.8. The molecule has 206 valence electrons. The number of ether oxygens (including phenoxy) is 2. The van der Waals surface area contributed by atoms with Crippen LogP contribution in [0.25, 0.3) is 0 Å². The maximum atomic E-state index is 11.4. The highest BCUT2D eigenvalue weighted by Gasteiger charge is 2.60. The number of rotatable bonds is 7. The normalized spacial score (nSPS) is 46.4. The molecule has 1 heterocycles. The summed E-state index contributed by atoms with van der Waals surface area (Å²) in [6.07, 6.45) is 16.0. The molecule has 4 heteroatoms. The third-order valence-electron chi connectivity index (χ3n) is 12.0. The molecule has 0 radical (unpaired) electrons. The number of fused-ring (bicyclic) bond motifs is 5. The SMILES string of the molecule is CC(C)CC[C@H](O)[C@@H](C)[C@H]1CC[C@H]2[C@@H]3CC=C4C[C@](O)(OC5CCCCO5)CC[C@]4(C)[C@H]3CC[C@]12C.